The number of fused-ring (bicyclic) bond motifs is 1. The van der Waals surface area contributed by atoms with Crippen molar-refractivity contribution in [3.8, 4) is 22.2 Å². The van der Waals surface area contributed by atoms with E-state index in [1.165, 1.54) is 15.9 Å². The standard InChI is InChI=1S/C20H19N3O3S2/c1-12(2)11-26-14-7-6-13(9-15(14)25-3)10-17-19(24)23-20(28-17)21-18(22-23)16-5-4-8-27-16/h4-10,12H,11H2,1-3H3. The van der Waals surface area contributed by atoms with Crippen LogP contribution in [0.25, 0.3) is 21.7 Å². The monoisotopic (exact) mass is 413 g/mol. The summed E-state index contributed by atoms with van der Waals surface area (Å²) in [6.07, 6.45) is 1.82. The Bertz CT molecular complexity index is 1210. The van der Waals surface area contributed by atoms with Gasteiger partial charge < -0.3 is 9.47 Å². The summed E-state index contributed by atoms with van der Waals surface area (Å²) in [7, 11) is 1.61. The summed E-state index contributed by atoms with van der Waals surface area (Å²) in [5.41, 5.74) is 0.684. The SMILES string of the molecule is COc1cc(C=c2sc3nc(-c4cccs4)nn3c2=O)ccc1OCC(C)C. The Morgan fingerprint density at radius 1 is 1.25 bits per heavy atom. The number of ether oxygens (including phenoxy) is 2. The van der Waals surface area contributed by atoms with Crippen LogP contribution >= 0.6 is 22.7 Å². The molecule has 0 radical (unpaired) electrons. The van der Waals surface area contributed by atoms with Gasteiger partial charge in [0.1, 0.15) is 0 Å². The van der Waals surface area contributed by atoms with Crippen LogP contribution in [0, 0.1) is 5.92 Å². The van der Waals surface area contributed by atoms with Crippen LogP contribution in [0.5, 0.6) is 11.5 Å². The van der Waals surface area contributed by atoms with Crippen LogP contribution in [0.4, 0.5) is 0 Å². The molecule has 1 aromatic carbocycles. The highest BCUT2D eigenvalue weighted by atomic mass is 32.1. The van der Waals surface area contributed by atoms with Gasteiger partial charge in [0.2, 0.25) is 4.96 Å². The van der Waals surface area contributed by atoms with Crippen molar-refractivity contribution in [1.29, 1.82) is 0 Å². The minimum Gasteiger partial charge on any atom is -0.493 e. The highest BCUT2D eigenvalue weighted by Crippen LogP contribution is 2.29. The molecule has 6 nitrogen and oxygen atoms in total. The van der Waals surface area contributed by atoms with Gasteiger partial charge in [-0.15, -0.1) is 16.4 Å². The predicted molar refractivity (Wildman–Crippen MR) is 113 cm³/mol. The Balaban J connectivity index is 1.68. The molecule has 0 amide bonds. The number of nitrogens with zero attached hydrogens (tertiary/aromatic N) is 3. The third-order valence-corrected chi connectivity index (χ3v) is 5.81. The Morgan fingerprint density at radius 3 is 2.79 bits per heavy atom. The number of aromatic nitrogens is 3. The van der Waals surface area contributed by atoms with Crippen molar-refractivity contribution in [2.75, 3.05) is 13.7 Å². The van der Waals surface area contributed by atoms with Crippen molar-refractivity contribution < 1.29 is 9.47 Å². The number of rotatable bonds is 6. The number of thiazole rings is 1. The molecule has 0 saturated heterocycles. The summed E-state index contributed by atoms with van der Waals surface area (Å²) in [5.74, 6) is 2.34. The molecule has 0 saturated carbocycles. The van der Waals surface area contributed by atoms with Gasteiger partial charge in [0, 0.05) is 0 Å². The maximum atomic E-state index is 12.7. The molecule has 0 fully saturated rings. The van der Waals surface area contributed by atoms with Crippen LogP contribution in [0.3, 0.4) is 0 Å². The van der Waals surface area contributed by atoms with E-state index in [0.29, 0.717) is 39.3 Å². The summed E-state index contributed by atoms with van der Waals surface area (Å²) in [4.78, 5) is 18.7. The van der Waals surface area contributed by atoms with Gasteiger partial charge in [-0.2, -0.15) is 9.50 Å². The lowest BCUT2D eigenvalue weighted by molar-refractivity contribution is 0.257. The highest BCUT2D eigenvalue weighted by molar-refractivity contribution is 7.15. The Labute approximate surface area is 169 Å². The summed E-state index contributed by atoms with van der Waals surface area (Å²) in [6.45, 7) is 4.80. The van der Waals surface area contributed by atoms with E-state index < -0.39 is 0 Å². The van der Waals surface area contributed by atoms with Gasteiger partial charge in [0.25, 0.3) is 5.56 Å². The Hall–Kier alpha value is -2.71. The number of benzene rings is 1. The fourth-order valence-corrected chi connectivity index (χ4v) is 4.21. The highest BCUT2D eigenvalue weighted by Gasteiger charge is 2.13. The number of methoxy groups -OCH3 is 1. The molecule has 0 aliphatic heterocycles. The summed E-state index contributed by atoms with van der Waals surface area (Å²) in [5, 5.41) is 6.32. The van der Waals surface area contributed by atoms with Crippen LogP contribution in [0.1, 0.15) is 19.4 Å². The molecule has 0 aliphatic carbocycles. The van der Waals surface area contributed by atoms with Crippen molar-refractivity contribution in [2.24, 2.45) is 5.92 Å². The quantitative estimate of drug-likeness (QED) is 0.484. The molecule has 0 N–H and O–H groups in total. The maximum Gasteiger partial charge on any atom is 0.291 e. The summed E-state index contributed by atoms with van der Waals surface area (Å²) in [6, 6.07) is 9.52. The van der Waals surface area contributed by atoms with Crippen LogP contribution < -0.4 is 19.6 Å². The molecule has 0 bridgehead atoms. The topological polar surface area (TPSA) is 65.7 Å². The number of hydrogen-bond acceptors (Lipinski definition) is 7. The molecule has 0 aliphatic rings. The van der Waals surface area contributed by atoms with E-state index in [0.717, 1.165) is 10.4 Å². The fourth-order valence-electron chi connectivity index (χ4n) is 2.64. The largest absolute Gasteiger partial charge is 0.493 e. The minimum absolute atomic E-state index is 0.172. The van der Waals surface area contributed by atoms with Crippen molar-refractivity contribution in [3.63, 3.8) is 0 Å². The van der Waals surface area contributed by atoms with Gasteiger partial charge in [0.05, 0.1) is 23.1 Å². The van der Waals surface area contributed by atoms with Gasteiger partial charge in [-0.1, -0.05) is 37.3 Å². The van der Waals surface area contributed by atoms with Gasteiger partial charge in [0.15, 0.2) is 17.3 Å². The van der Waals surface area contributed by atoms with Crippen LogP contribution in [0.2, 0.25) is 0 Å². The van der Waals surface area contributed by atoms with Gasteiger partial charge >= 0.3 is 0 Å². The lowest BCUT2D eigenvalue weighted by Gasteiger charge is -2.12. The second-order valence-corrected chi connectivity index (χ2v) is 8.59. The van der Waals surface area contributed by atoms with Gasteiger partial charge in [-0.3, -0.25) is 4.79 Å². The van der Waals surface area contributed by atoms with Crippen LogP contribution in [-0.4, -0.2) is 28.3 Å². The zero-order valence-corrected chi connectivity index (χ0v) is 17.3. The summed E-state index contributed by atoms with van der Waals surface area (Å²) >= 11 is 2.87. The molecule has 144 valence electrons. The fraction of sp³-hybridized carbons (Fsp3) is 0.250. The predicted octanol–water partition coefficient (Wildman–Crippen LogP) is 3.47. The average Bonchev–Trinajstić information content (AvgIpc) is 3.39. The second kappa shape index (κ2) is 7.73. The first kappa shape index (κ1) is 18.6. The van der Waals surface area contributed by atoms with E-state index in [1.54, 1.807) is 18.4 Å². The molecule has 3 heterocycles. The maximum absolute atomic E-state index is 12.7. The van der Waals surface area contributed by atoms with Crippen molar-refractivity contribution in [3.05, 3.63) is 56.2 Å². The Kier molecular flexibility index (Phi) is 5.15. The first-order chi connectivity index (χ1) is 13.5. The van der Waals surface area contributed by atoms with Crippen molar-refractivity contribution in [1.82, 2.24) is 14.6 Å². The van der Waals surface area contributed by atoms with E-state index in [1.807, 2.05) is 41.8 Å². The van der Waals surface area contributed by atoms with E-state index in [9.17, 15) is 4.79 Å². The first-order valence-electron chi connectivity index (χ1n) is 8.81. The molecule has 0 spiro atoms. The smallest absolute Gasteiger partial charge is 0.291 e. The zero-order valence-electron chi connectivity index (χ0n) is 15.7. The molecule has 4 rings (SSSR count). The van der Waals surface area contributed by atoms with Gasteiger partial charge in [-0.25, -0.2) is 0 Å². The van der Waals surface area contributed by atoms with Crippen LogP contribution in [0.15, 0.2) is 40.5 Å². The molecular formula is C20H19N3O3S2. The third-order valence-electron chi connectivity index (χ3n) is 3.98. The molecule has 3 aromatic heterocycles. The number of thiophene rings is 1. The molecule has 4 aromatic rings. The van der Waals surface area contributed by atoms with E-state index in [2.05, 4.69) is 23.9 Å². The average molecular weight is 414 g/mol. The summed E-state index contributed by atoms with van der Waals surface area (Å²) < 4.78 is 13.2. The van der Waals surface area contributed by atoms with E-state index >= 15 is 0 Å². The lowest BCUT2D eigenvalue weighted by Crippen LogP contribution is -2.23. The second-order valence-electron chi connectivity index (χ2n) is 6.64. The van der Waals surface area contributed by atoms with Gasteiger partial charge in [-0.05, 0) is 41.1 Å². The first-order valence-corrected chi connectivity index (χ1v) is 10.5. The number of hydrogen-bond donors (Lipinski definition) is 0. The molecule has 0 unspecified atom stereocenters. The molecule has 28 heavy (non-hydrogen) atoms. The molecule has 0 atom stereocenters. The van der Waals surface area contributed by atoms with E-state index in [-0.39, 0.29) is 5.56 Å². The zero-order chi connectivity index (χ0) is 19.7. The molecule has 8 heteroatoms. The third kappa shape index (κ3) is 3.65. The Morgan fingerprint density at radius 2 is 2.11 bits per heavy atom. The van der Waals surface area contributed by atoms with Crippen molar-refractivity contribution >= 4 is 33.7 Å². The van der Waals surface area contributed by atoms with Crippen LogP contribution in [-0.2, 0) is 0 Å². The lowest BCUT2D eigenvalue weighted by atomic mass is 10.2. The minimum atomic E-state index is -0.172. The molecular weight excluding hydrogens is 394 g/mol. The van der Waals surface area contributed by atoms with Crippen molar-refractivity contribution in [2.45, 2.75) is 13.8 Å². The normalized spacial score (nSPS) is 12.2. The van der Waals surface area contributed by atoms with E-state index in [4.69, 9.17) is 9.47 Å².